The van der Waals surface area contributed by atoms with Crippen LogP contribution in [0.5, 0.6) is 0 Å². The van der Waals surface area contributed by atoms with Gasteiger partial charge in [-0.3, -0.25) is 4.90 Å². The number of rotatable bonds is 3. The van der Waals surface area contributed by atoms with E-state index in [9.17, 15) is 0 Å². The molecule has 0 aromatic carbocycles. The zero-order valence-electron chi connectivity index (χ0n) is 11.3. The summed E-state index contributed by atoms with van der Waals surface area (Å²) < 4.78 is 5.41. The maximum Gasteiger partial charge on any atom is 0.153 e. The number of hydrogen-bond donors (Lipinski definition) is 1. The summed E-state index contributed by atoms with van der Waals surface area (Å²) in [5, 5.41) is 6.63. The molecule has 0 saturated carbocycles. The fourth-order valence-electron chi connectivity index (χ4n) is 2.45. The smallest absolute Gasteiger partial charge is 0.153 e. The van der Waals surface area contributed by atoms with E-state index in [2.05, 4.69) is 29.4 Å². The van der Waals surface area contributed by atoms with Crippen LogP contribution < -0.4 is 5.32 Å². The second-order valence-corrected chi connectivity index (χ2v) is 6.17. The standard InChI is InChI=1S/C14H19N3OS/c1-14(2,17-7-5-15-6-8-17)13-16-11(10-19-13)12-4-3-9-18-12/h3-4,9-10,15H,5-8H2,1-2H3. The molecule has 3 heterocycles. The Morgan fingerprint density at radius 1 is 1.37 bits per heavy atom. The first-order valence-corrected chi connectivity index (χ1v) is 7.51. The van der Waals surface area contributed by atoms with Crippen LogP contribution >= 0.6 is 11.3 Å². The highest BCUT2D eigenvalue weighted by Gasteiger charge is 2.32. The van der Waals surface area contributed by atoms with Crippen molar-refractivity contribution in [3.63, 3.8) is 0 Å². The molecule has 0 atom stereocenters. The lowest BCUT2D eigenvalue weighted by atomic mass is 10.0. The Bertz CT molecular complexity index is 527. The summed E-state index contributed by atoms with van der Waals surface area (Å²) in [4.78, 5) is 7.26. The van der Waals surface area contributed by atoms with E-state index < -0.39 is 0 Å². The third-order valence-electron chi connectivity index (χ3n) is 3.71. The van der Waals surface area contributed by atoms with Crippen molar-refractivity contribution >= 4 is 11.3 Å². The van der Waals surface area contributed by atoms with Crippen LogP contribution in [-0.2, 0) is 5.54 Å². The van der Waals surface area contributed by atoms with Crippen LogP contribution in [0.25, 0.3) is 11.5 Å². The van der Waals surface area contributed by atoms with Gasteiger partial charge in [-0.2, -0.15) is 0 Å². The van der Waals surface area contributed by atoms with Gasteiger partial charge in [0.2, 0.25) is 0 Å². The average Bonchev–Trinajstić information content (AvgIpc) is 3.10. The van der Waals surface area contributed by atoms with E-state index in [1.807, 2.05) is 12.1 Å². The molecule has 1 aliphatic heterocycles. The van der Waals surface area contributed by atoms with Gasteiger partial charge < -0.3 is 9.73 Å². The molecule has 102 valence electrons. The van der Waals surface area contributed by atoms with E-state index in [0.717, 1.165) is 42.6 Å². The number of piperazine rings is 1. The Morgan fingerprint density at radius 2 is 2.16 bits per heavy atom. The normalized spacial score (nSPS) is 17.8. The quantitative estimate of drug-likeness (QED) is 0.936. The molecular weight excluding hydrogens is 258 g/mol. The van der Waals surface area contributed by atoms with Crippen LogP contribution in [0.15, 0.2) is 28.2 Å². The molecule has 5 heteroatoms. The molecule has 3 rings (SSSR count). The molecule has 0 aliphatic carbocycles. The van der Waals surface area contributed by atoms with Gasteiger partial charge in [-0.15, -0.1) is 11.3 Å². The minimum atomic E-state index is -0.0163. The molecule has 4 nitrogen and oxygen atoms in total. The first-order chi connectivity index (χ1) is 9.18. The SMILES string of the molecule is CC(C)(c1nc(-c2ccco2)cs1)N1CCNCC1. The van der Waals surface area contributed by atoms with Crippen LogP contribution in [0.1, 0.15) is 18.9 Å². The van der Waals surface area contributed by atoms with Crippen molar-refractivity contribution in [2.45, 2.75) is 19.4 Å². The van der Waals surface area contributed by atoms with Crippen molar-refractivity contribution in [2.24, 2.45) is 0 Å². The van der Waals surface area contributed by atoms with Crippen LogP contribution in [0.4, 0.5) is 0 Å². The third-order valence-corrected chi connectivity index (χ3v) is 4.86. The summed E-state index contributed by atoms with van der Waals surface area (Å²) in [6, 6.07) is 3.85. The van der Waals surface area contributed by atoms with E-state index in [1.54, 1.807) is 17.6 Å². The lowest BCUT2D eigenvalue weighted by Gasteiger charge is -2.39. The van der Waals surface area contributed by atoms with Gasteiger partial charge in [0.05, 0.1) is 11.8 Å². The minimum Gasteiger partial charge on any atom is -0.463 e. The van der Waals surface area contributed by atoms with Crippen molar-refractivity contribution in [2.75, 3.05) is 26.2 Å². The summed E-state index contributed by atoms with van der Waals surface area (Å²) in [5.74, 6) is 0.846. The van der Waals surface area contributed by atoms with Gasteiger partial charge in [-0.05, 0) is 26.0 Å². The maximum absolute atomic E-state index is 5.41. The van der Waals surface area contributed by atoms with Gasteiger partial charge in [0.15, 0.2) is 5.76 Å². The molecule has 1 saturated heterocycles. The van der Waals surface area contributed by atoms with Gasteiger partial charge in [-0.1, -0.05) is 0 Å². The molecule has 19 heavy (non-hydrogen) atoms. The van der Waals surface area contributed by atoms with E-state index in [0.29, 0.717) is 0 Å². The zero-order valence-corrected chi connectivity index (χ0v) is 12.2. The Morgan fingerprint density at radius 3 is 2.84 bits per heavy atom. The molecule has 1 N–H and O–H groups in total. The van der Waals surface area contributed by atoms with Crippen molar-refractivity contribution in [1.29, 1.82) is 0 Å². The Hall–Kier alpha value is -1.17. The molecular formula is C14H19N3OS. The topological polar surface area (TPSA) is 41.3 Å². The highest BCUT2D eigenvalue weighted by Crippen LogP contribution is 2.33. The predicted octanol–water partition coefficient (Wildman–Crippen LogP) is 2.54. The van der Waals surface area contributed by atoms with Crippen LogP contribution in [0.2, 0.25) is 0 Å². The molecule has 0 amide bonds. The second kappa shape index (κ2) is 5.07. The van der Waals surface area contributed by atoms with Crippen LogP contribution in [-0.4, -0.2) is 36.1 Å². The van der Waals surface area contributed by atoms with Crippen molar-refractivity contribution in [3.8, 4) is 11.5 Å². The summed E-state index contributed by atoms with van der Waals surface area (Å²) >= 11 is 1.72. The Labute approximate surface area is 117 Å². The van der Waals surface area contributed by atoms with Gasteiger partial charge in [0.1, 0.15) is 10.7 Å². The summed E-state index contributed by atoms with van der Waals surface area (Å²) in [6.07, 6.45) is 1.69. The highest BCUT2D eigenvalue weighted by molar-refractivity contribution is 7.10. The number of nitrogens with zero attached hydrogens (tertiary/aromatic N) is 2. The first-order valence-electron chi connectivity index (χ1n) is 6.63. The lowest BCUT2D eigenvalue weighted by molar-refractivity contribution is 0.102. The maximum atomic E-state index is 5.41. The molecule has 2 aromatic rings. The van der Waals surface area contributed by atoms with Gasteiger partial charge in [0, 0.05) is 31.6 Å². The zero-order chi connectivity index (χ0) is 13.3. The Balaban J connectivity index is 1.84. The first kappa shape index (κ1) is 12.8. The van der Waals surface area contributed by atoms with Gasteiger partial charge in [0.25, 0.3) is 0 Å². The molecule has 0 bridgehead atoms. The summed E-state index contributed by atoms with van der Waals surface area (Å²) in [5.41, 5.74) is 0.922. The van der Waals surface area contributed by atoms with Crippen LogP contribution in [0.3, 0.4) is 0 Å². The largest absolute Gasteiger partial charge is 0.463 e. The van der Waals surface area contributed by atoms with Gasteiger partial charge >= 0.3 is 0 Å². The fourth-order valence-corrected chi connectivity index (χ4v) is 3.41. The number of hydrogen-bond acceptors (Lipinski definition) is 5. The number of aromatic nitrogens is 1. The second-order valence-electron chi connectivity index (χ2n) is 5.31. The molecule has 0 spiro atoms. The number of thiazole rings is 1. The third kappa shape index (κ3) is 2.45. The molecule has 0 radical (unpaired) electrons. The monoisotopic (exact) mass is 277 g/mol. The summed E-state index contributed by atoms with van der Waals surface area (Å²) in [6.45, 7) is 8.76. The van der Waals surface area contributed by atoms with Crippen molar-refractivity contribution < 1.29 is 4.42 Å². The lowest BCUT2D eigenvalue weighted by Crippen LogP contribution is -2.51. The molecule has 1 aliphatic rings. The van der Waals surface area contributed by atoms with Crippen molar-refractivity contribution in [1.82, 2.24) is 15.2 Å². The van der Waals surface area contributed by atoms with Gasteiger partial charge in [-0.25, -0.2) is 4.98 Å². The number of nitrogens with one attached hydrogen (secondary N) is 1. The average molecular weight is 277 g/mol. The molecule has 1 fully saturated rings. The van der Waals surface area contributed by atoms with E-state index in [-0.39, 0.29) is 5.54 Å². The molecule has 0 unspecified atom stereocenters. The van der Waals surface area contributed by atoms with E-state index >= 15 is 0 Å². The minimum absolute atomic E-state index is 0.0163. The Kier molecular flexibility index (Phi) is 3.43. The highest BCUT2D eigenvalue weighted by atomic mass is 32.1. The van der Waals surface area contributed by atoms with E-state index in [4.69, 9.17) is 9.40 Å². The predicted molar refractivity (Wildman–Crippen MR) is 77.3 cm³/mol. The fraction of sp³-hybridized carbons (Fsp3) is 0.500. The van der Waals surface area contributed by atoms with Crippen LogP contribution in [0, 0.1) is 0 Å². The summed E-state index contributed by atoms with van der Waals surface area (Å²) in [7, 11) is 0. The van der Waals surface area contributed by atoms with Crippen molar-refractivity contribution in [3.05, 3.63) is 28.8 Å². The molecule has 2 aromatic heterocycles. The van der Waals surface area contributed by atoms with E-state index in [1.165, 1.54) is 0 Å². The number of furan rings is 1.